The zero-order chi connectivity index (χ0) is 16.7. The van der Waals surface area contributed by atoms with Gasteiger partial charge >= 0.3 is 0 Å². The van der Waals surface area contributed by atoms with Gasteiger partial charge in [-0.2, -0.15) is 5.26 Å². The highest BCUT2D eigenvalue weighted by Crippen LogP contribution is 2.23. The number of halogens is 1. The Kier molecular flexibility index (Phi) is 5.93. The Morgan fingerprint density at radius 3 is 2.57 bits per heavy atom. The fourth-order valence-corrected chi connectivity index (χ4v) is 2.40. The van der Waals surface area contributed by atoms with Crippen molar-refractivity contribution in [3.05, 3.63) is 54.0 Å². The van der Waals surface area contributed by atoms with Gasteiger partial charge in [0.15, 0.2) is 0 Å². The van der Waals surface area contributed by atoms with E-state index in [1.54, 1.807) is 24.3 Å². The Morgan fingerprint density at radius 1 is 1.22 bits per heavy atom. The Balaban J connectivity index is 0.000000924. The molecule has 0 amide bonds. The summed E-state index contributed by atoms with van der Waals surface area (Å²) in [6.07, 6.45) is 2.44. The van der Waals surface area contributed by atoms with E-state index in [0.717, 1.165) is 25.2 Å². The van der Waals surface area contributed by atoms with E-state index in [9.17, 15) is 4.39 Å². The van der Waals surface area contributed by atoms with Crippen molar-refractivity contribution in [3.8, 4) is 11.9 Å². The lowest BCUT2D eigenvalue weighted by molar-refractivity contribution is 0.216. The number of pyridine rings is 1. The summed E-state index contributed by atoms with van der Waals surface area (Å²) in [7, 11) is 0. The number of aromatic nitrogens is 1. The fraction of sp³-hybridized carbons (Fsp3) is 0.333. The first-order chi connectivity index (χ1) is 11.2. The fourth-order valence-electron chi connectivity index (χ4n) is 2.40. The number of ether oxygens (including phenoxy) is 1. The Morgan fingerprint density at radius 2 is 1.96 bits per heavy atom. The molecule has 3 rings (SSSR count). The second-order valence-corrected chi connectivity index (χ2v) is 4.95. The van der Waals surface area contributed by atoms with Gasteiger partial charge in [-0.25, -0.2) is 9.37 Å². The number of nitrogens with zero attached hydrogens (tertiary/aromatic N) is 3. The normalized spacial score (nSPS) is 16.3. The summed E-state index contributed by atoms with van der Waals surface area (Å²) < 4.78 is 18.7. The molecule has 1 unspecified atom stereocenters. The summed E-state index contributed by atoms with van der Waals surface area (Å²) in [5.74, 6) is 0.299. The molecule has 2 aromatic rings. The van der Waals surface area contributed by atoms with Gasteiger partial charge in [-0.3, -0.25) is 0 Å². The molecule has 0 saturated carbocycles. The Labute approximate surface area is 136 Å². The average Bonchev–Trinajstić information content (AvgIpc) is 3.06. The van der Waals surface area contributed by atoms with Gasteiger partial charge in [0.05, 0.1) is 12.1 Å². The van der Waals surface area contributed by atoms with Gasteiger partial charge in [-0.05, 0) is 30.3 Å². The van der Waals surface area contributed by atoms with Crippen LogP contribution in [0.1, 0.15) is 25.8 Å². The molecule has 1 aliphatic rings. The molecule has 1 aromatic carbocycles. The van der Waals surface area contributed by atoms with Gasteiger partial charge in [0.2, 0.25) is 5.88 Å². The van der Waals surface area contributed by atoms with Crippen LogP contribution >= 0.6 is 0 Å². The van der Waals surface area contributed by atoms with Crippen LogP contribution in [-0.2, 0) is 0 Å². The molecule has 1 fully saturated rings. The van der Waals surface area contributed by atoms with Crippen molar-refractivity contribution < 1.29 is 9.13 Å². The Bertz CT molecular complexity index is 649. The van der Waals surface area contributed by atoms with Crippen LogP contribution in [0.3, 0.4) is 0 Å². The smallest absolute Gasteiger partial charge is 0.213 e. The van der Waals surface area contributed by atoms with Crippen LogP contribution < -0.4 is 9.64 Å². The molecule has 2 heterocycles. The largest absolute Gasteiger partial charge is 0.472 e. The average molecular weight is 313 g/mol. The maximum absolute atomic E-state index is 12.9. The predicted octanol–water partition coefficient (Wildman–Crippen LogP) is 3.78. The number of hydrogen-bond acceptors (Lipinski definition) is 4. The number of benzene rings is 1. The maximum atomic E-state index is 12.9. The van der Waals surface area contributed by atoms with Gasteiger partial charge in [-0.15, -0.1) is 0 Å². The summed E-state index contributed by atoms with van der Waals surface area (Å²) in [5.41, 5.74) is 1.51. The Hall–Kier alpha value is -2.61. The molecular formula is C18H20FN3O. The molecular weight excluding hydrogens is 293 g/mol. The highest BCUT2D eigenvalue weighted by Gasteiger charge is 2.24. The van der Waals surface area contributed by atoms with Crippen LogP contribution in [-0.4, -0.2) is 24.2 Å². The van der Waals surface area contributed by atoms with E-state index in [0.29, 0.717) is 11.4 Å². The molecule has 1 saturated heterocycles. The van der Waals surface area contributed by atoms with Crippen molar-refractivity contribution in [1.29, 1.82) is 5.26 Å². The number of nitriles is 1. The van der Waals surface area contributed by atoms with Crippen LogP contribution in [0.25, 0.3) is 0 Å². The maximum Gasteiger partial charge on any atom is 0.213 e. The van der Waals surface area contributed by atoms with E-state index >= 15 is 0 Å². The molecule has 1 aromatic heterocycles. The highest BCUT2D eigenvalue weighted by molar-refractivity contribution is 5.47. The minimum Gasteiger partial charge on any atom is -0.472 e. The van der Waals surface area contributed by atoms with Crippen LogP contribution in [0.2, 0.25) is 0 Å². The van der Waals surface area contributed by atoms with Gasteiger partial charge in [-0.1, -0.05) is 13.8 Å². The molecule has 5 heteroatoms. The first-order valence-corrected chi connectivity index (χ1v) is 7.78. The highest BCUT2D eigenvalue weighted by atomic mass is 19.1. The van der Waals surface area contributed by atoms with E-state index in [-0.39, 0.29) is 11.9 Å². The molecule has 0 bridgehead atoms. The van der Waals surface area contributed by atoms with Crippen molar-refractivity contribution in [1.82, 2.24) is 4.98 Å². The first-order valence-electron chi connectivity index (χ1n) is 7.78. The molecule has 0 N–H and O–H groups in total. The molecule has 23 heavy (non-hydrogen) atoms. The lowest BCUT2D eigenvalue weighted by Gasteiger charge is -2.18. The molecule has 1 atom stereocenters. The minimum absolute atomic E-state index is 0.0514. The van der Waals surface area contributed by atoms with E-state index < -0.39 is 0 Å². The monoisotopic (exact) mass is 313 g/mol. The summed E-state index contributed by atoms with van der Waals surface area (Å²) in [4.78, 5) is 6.27. The lowest BCUT2D eigenvalue weighted by atomic mass is 10.3. The van der Waals surface area contributed by atoms with Crippen LogP contribution in [0.5, 0.6) is 5.88 Å². The quantitative estimate of drug-likeness (QED) is 0.865. The van der Waals surface area contributed by atoms with Crippen molar-refractivity contribution in [2.75, 3.05) is 18.0 Å². The summed E-state index contributed by atoms with van der Waals surface area (Å²) >= 11 is 0. The second-order valence-electron chi connectivity index (χ2n) is 4.95. The topological polar surface area (TPSA) is 49.1 Å². The number of anilines is 1. The molecule has 1 aliphatic heterocycles. The molecule has 0 radical (unpaired) electrons. The summed E-state index contributed by atoms with van der Waals surface area (Å²) in [6.45, 7) is 5.61. The first kappa shape index (κ1) is 16.8. The molecule has 0 aliphatic carbocycles. The third-order valence-electron chi connectivity index (χ3n) is 3.49. The van der Waals surface area contributed by atoms with Gasteiger partial charge < -0.3 is 9.64 Å². The molecule has 120 valence electrons. The SMILES string of the molecule is CC.N#Cc1ccc(OC2CCN(c3ccc(F)cc3)C2)nc1. The van der Waals surface area contributed by atoms with E-state index in [1.165, 1.54) is 18.3 Å². The molecule has 0 spiro atoms. The van der Waals surface area contributed by atoms with Gasteiger partial charge in [0, 0.05) is 30.9 Å². The standard InChI is InChI=1S/C16H14FN3O.C2H6/c17-13-2-4-14(5-3-13)20-8-7-15(11-20)21-16-6-1-12(9-18)10-19-16;1-2/h1-6,10,15H,7-8,11H2;1-2H3. The van der Waals surface area contributed by atoms with Crippen LogP contribution in [0.15, 0.2) is 42.6 Å². The van der Waals surface area contributed by atoms with E-state index in [2.05, 4.69) is 9.88 Å². The van der Waals surface area contributed by atoms with Crippen LogP contribution in [0, 0.1) is 17.1 Å². The summed E-state index contributed by atoms with van der Waals surface area (Å²) in [6, 6.07) is 11.9. The van der Waals surface area contributed by atoms with Gasteiger partial charge in [0.25, 0.3) is 0 Å². The third kappa shape index (κ3) is 4.43. The number of rotatable bonds is 3. The second kappa shape index (κ2) is 8.14. The van der Waals surface area contributed by atoms with Crippen molar-refractivity contribution in [3.63, 3.8) is 0 Å². The van der Waals surface area contributed by atoms with Crippen molar-refractivity contribution in [2.24, 2.45) is 0 Å². The molecule has 4 nitrogen and oxygen atoms in total. The summed E-state index contributed by atoms with van der Waals surface area (Å²) in [5, 5.41) is 8.73. The zero-order valence-electron chi connectivity index (χ0n) is 13.4. The van der Waals surface area contributed by atoms with Crippen molar-refractivity contribution in [2.45, 2.75) is 26.4 Å². The third-order valence-corrected chi connectivity index (χ3v) is 3.49. The lowest BCUT2D eigenvalue weighted by Crippen LogP contribution is -2.24. The predicted molar refractivity (Wildman–Crippen MR) is 87.9 cm³/mol. The van der Waals surface area contributed by atoms with Gasteiger partial charge in [0.1, 0.15) is 18.0 Å². The van der Waals surface area contributed by atoms with E-state index in [4.69, 9.17) is 10.00 Å². The zero-order valence-corrected chi connectivity index (χ0v) is 13.4. The van der Waals surface area contributed by atoms with Crippen molar-refractivity contribution >= 4 is 5.69 Å². The number of hydrogen-bond donors (Lipinski definition) is 0. The van der Waals surface area contributed by atoms with E-state index in [1.807, 2.05) is 19.9 Å². The minimum atomic E-state index is -0.229. The van der Waals surface area contributed by atoms with Crippen LogP contribution in [0.4, 0.5) is 10.1 Å².